The summed E-state index contributed by atoms with van der Waals surface area (Å²) in [5, 5.41) is 17.0. The monoisotopic (exact) mass is 304 g/mol. The lowest BCUT2D eigenvalue weighted by atomic mass is 10.2. The van der Waals surface area contributed by atoms with Crippen molar-refractivity contribution in [1.29, 1.82) is 0 Å². The molecule has 9 heteroatoms. The Hall–Kier alpha value is -0.150. The molecule has 0 spiro atoms. The van der Waals surface area contributed by atoms with Crippen molar-refractivity contribution < 1.29 is 19.8 Å². The zero-order valence-electron chi connectivity index (χ0n) is 9.24. The summed E-state index contributed by atoms with van der Waals surface area (Å²) in [7, 11) is 2.51. The second-order valence-electron chi connectivity index (χ2n) is 3.14. The molecule has 6 nitrogen and oxygen atoms in total. The molecule has 0 heterocycles. The Labute approximate surface area is 114 Å². The van der Waals surface area contributed by atoms with Gasteiger partial charge in [-0.1, -0.05) is 28.5 Å². The Kier molecular flexibility index (Phi) is 11.1. The van der Waals surface area contributed by atoms with Gasteiger partial charge in [0.2, 0.25) is 0 Å². The maximum absolute atomic E-state index is 10.6. The average molecular weight is 305 g/mol. The van der Waals surface area contributed by atoms with Crippen LogP contribution in [-0.4, -0.2) is 45.2 Å². The number of carboxylic acid groups (broad SMARTS) is 2. The van der Waals surface area contributed by atoms with Crippen LogP contribution in [0.1, 0.15) is 13.3 Å². The van der Waals surface area contributed by atoms with Crippen LogP contribution >= 0.6 is 34.0 Å². The number of rotatable bonds is 8. The summed E-state index contributed by atoms with van der Waals surface area (Å²) in [5.74, 6) is -1.89. The van der Waals surface area contributed by atoms with E-state index in [2.05, 4.69) is 0 Å². The molecule has 0 amide bonds. The third kappa shape index (κ3) is 7.72. The molecule has 1 unspecified atom stereocenters. The predicted octanol–water partition coefficient (Wildman–Crippen LogP) is 0.392. The van der Waals surface area contributed by atoms with Gasteiger partial charge in [-0.05, 0) is 6.42 Å². The molecule has 0 rings (SSSR count). The Morgan fingerprint density at radius 3 is 2.12 bits per heavy atom. The summed E-state index contributed by atoms with van der Waals surface area (Å²) < 4.78 is 0. The fourth-order valence-corrected chi connectivity index (χ4v) is 3.69. The second kappa shape index (κ2) is 9.84. The van der Waals surface area contributed by atoms with Crippen molar-refractivity contribution in [2.45, 2.75) is 30.7 Å². The van der Waals surface area contributed by atoms with Crippen molar-refractivity contribution in [3.05, 3.63) is 0 Å². The van der Waals surface area contributed by atoms with E-state index in [0.29, 0.717) is 6.42 Å². The molecular weight excluding hydrogens is 288 g/mol. The maximum atomic E-state index is 10.6. The first-order valence-corrected chi connectivity index (χ1v) is 7.03. The molecule has 0 aromatic carbocycles. The number of carboxylic acids is 2. The molecule has 0 fully saturated rings. The number of halogens is 1. The average Bonchev–Trinajstić information content (AvgIpc) is 2.22. The third-order valence-corrected chi connectivity index (χ3v) is 4.91. The van der Waals surface area contributed by atoms with Crippen molar-refractivity contribution in [3.63, 3.8) is 0 Å². The minimum absolute atomic E-state index is 0. The quantitative estimate of drug-likeness (QED) is 0.474. The van der Waals surface area contributed by atoms with Gasteiger partial charge in [-0.15, -0.1) is 12.4 Å². The van der Waals surface area contributed by atoms with Crippen molar-refractivity contribution in [2.24, 2.45) is 11.5 Å². The summed E-state index contributed by atoms with van der Waals surface area (Å²) >= 11 is 0. The van der Waals surface area contributed by atoms with Gasteiger partial charge >= 0.3 is 11.9 Å². The predicted molar refractivity (Wildman–Crippen MR) is 72.6 cm³/mol. The molecule has 0 aliphatic heterocycles. The highest BCUT2D eigenvalue weighted by Crippen LogP contribution is 2.30. The molecule has 0 saturated heterocycles. The van der Waals surface area contributed by atoms with Gasteiger partial charge in [0, 0.05) is 11.0 Å². The van der Waals surface area contributed by atoms with Crippen molar-refractivity contribution in [3.8, 4) is 0 Å². The summed E-state index contributed by atoms with van der Waals surface area (Å²) in [4.78, 5) is 21.1. The van der Waals surface area contributed by atoms with Gasteiger partial charge in [-0.2, -0.15) is 0 Å². The molecular formula is C8H17ClN2O4S2. The van der Waals surface area contributed by atoms with Crippen LogP contribution in [0.5, 0.6) is 0 Å². The highest BCUT2D eigenvalue weighted by atomic mass is 35.5. The van der Waals surface area contributed by atoms with Crippen LogP contribution in [0.2, 0.25) is 0 Å². The van der Waals surface area contributed by atoms with Crippen molar-refractivity contribution >= 4 is 45.9 Å². The maximum Gasteiger partial charge on any atom is 0.321 e. The minimum atomic E-state index is -1.07. The molecule has 0 saturated carbocycles. The fourth-order valence-electron chi connectivity index (χ4n) is 0.812. The lowest BCUT2D eigenvalue weighted by molar-refractivity contribution is -0.139. The van der Waals surface area contributed by atoms with E-state index in [0.717, 1.165) is 0 Å². The standard InChI is InChI=1S/C8H16N2O4S2.ClH/c1-2-5(6(10)8(13)14)16-15-3-4(9)7(11)12;/h4-6H,2-3,9-10H2,1H3,(H,11,12)(H,13,14);1H/t4-,5?,6-;/m0./s1. The van der Waals surface area contributed by atoms with E-state index < -0.39 is 24.0 Å². The van der Waals surface area contributed by atoms with E-state index in [1.54, 1.807) is 0 Å². The van der Waals surface area contributed by atoms with E-state index in [1.165, 1.54) is 21.6 Å². The van der Waals surface area contributed by atoms with Crippen LogP contribution < -0.4 is 11.5 Å². The Morgan fingerprint density at radius 1 is 1.24 bits per heavy atom. The summed E-state index contributed by atoms with van der Waals surface area (Å²) in [6.45, 7) is 1.83. The van der Waals surface area contributed by atoms with E-state index in [9.17, 15) is 9.59 Å². The largest absolute Gasteiger partial charge is 0.480 e. The number of nitrogens with two attached hydrogens (primary N) is 2. The van der Waals surface area contributed by atoms with Crippen molar-refractivity contribution in [2.75, 3.05) is 5.75 Å². The topological polar surface area (TPSA) is 127 Å². The Morgan fingerprint density at radius 2 is 1.76 bits per heavy atom. The zero-order chi connectivity index (χ0) is 12.7. The number of aliphatic carboxylic acids is 2. The van der Waals surface area contributed by atoms with Gasteiger partial charge in [0.15, 0.2) is 0 Å². The lowest BCUT2D eigenvalue weighted by Gasteiger charge is -2.18. The van der Waals surface area contributed by atoms with Gasteiger partial charge in [-0.25, -0.2) is 0 Å². The molecule has 0 aromatic rings. The molecule has 6 N–H and O–H groups in total. The van der Waals surface area contributed by atoms with Crippen LogP contribution in [0.15, 0.2) is 0 Å². The van der Waals surface area contributed by atoms with Crippen LogP contribution in [0, 0.1) is 0 Å². The van der Waals surface area contributed by atoms with E-state index in [-0.39, 0.29) is 23.4 Å². The zero-order valence-corrected chi connectivity index (χ0v) is 11.7. The van der Waals surface area contributed by atoms with Crippen molar-refractivity contribution in [1.82, 2.24) is 0 Å². The van der Waals surface area contributed by atoms with Crippen LogP contribution in [0.25, 0.3) is 0 Å². The first-order chi connectivity index (χ1) is 7.40. The van der Waals surface area contributed by atoms with E-state index in [1.807, 2.05) is 6.92 Å². The smallest absolute Gasteiger partial charge is 0.321 e. The summed E-state index contributed by atoms with van der Waals surface area (Å²) in [5.41, 5.74) is 10.8. The molecule has 102 valence electrons. The SMILES string of the molecule is CCC(SSC[C@H](N)C(=O)O)[C@H](N)C(=O)O.Cl. The van der Waals surface area contributed by atoms with Gasteiger partial charge in [0.05, 0.1) is 0 Å². The normalized spacial score (nSPS) is 15.5. The number of carbonyl (C=O) groups is 2. The van der Waals surface area contributed by atoms with E-state index >= 15 is 0 Å². The number of hydrogen-bond donors (Lipinski definition) is 4. The first-order valence-electron chi connectivity index (χ1n) is 4.65. The van der Waals surface area contributed by atoms with Gasteiger partial charge in [-0.3, -0.25) is 9.59 Å². The highest BCUT2D eigenvalue weighted by Gasteiger charge is 2.24. The molecule has 0 radical (unpaired) electrons. The second-order valence-corrected chi connectivity index (χ2v) is 5.79. The third-order valence-electron chi connectivity index (χ3n) is 1.84. The lowest BCUT2D eigenvalue weighted by Crippen LogP contribution is -2.39. The minimum Gasteiger partial charge on any atom is -0.480 e. The van der Waals surface area contributed by atoms with Crippen LogP contribution in [0.3, 0.4) is 0 Å². The van der Waals surface area contributed by atoms with Crippen LogP contribution in [0.4, 0.5) is 0 Å². The molecule has 0 aromatic heterocycles. The summed E-state index contributed by atoms with van der Waals surface area (Å²) in [6.07, 6.45) is 0.605. The first kappa shape index (κ1) is 19.2. The Balaban J connectivity index is 0. The fraction of sp³-hybridized carbons (Fsp3) is 0.750. The Bertz CT molecular complexity index is 258. The number of hydrogen-bond acceptors (Lipinski definition) is 6. The molecule has 17 heavy (non-hydrogen) atoms. The molecule has 0 aliphatic carbocycles. The van der Waals surface area contributed by atoms with Crippen LogP contribution in [-0.2, 0) is 9.59 Å². The highest BCUT2D eigenvalue weighted by molar-refractivity contribution is 8.77. The summed E-state index contributed by atoms with van der Waals surface area (Å²) in [6, 6.07) is -1.88. The van der Waals surface area contributed by atoms with Gasteiger partial charge < -0.3 is 21.7 Å². The molecule has 0 aliphatic rings. The van der Waals surface area contributed by atoms with E-state index in [4.69, 9.17) is 21.7 Å². The van der Waals surface area contributed by atoms with Gasteiger partial charge in [0.1, 0.15) is 12.1 Å². The molecule has 0 bridgehead atoms. The van der Waals surface area contributed by atoms with Gasteiger partial charge in [0.25, 0.3) is 0 Å². The molecule has 3 atom stereocenters.